The van der Waals surface area contributed by atoms with Crippen LogP contribution in [0, 0.1) is 13.7 Å². The summed E-state index contributed by atoms with van der Waals surface area (Å²) in [6.45, 7) is -3.60. The van der Waals surface area contributed by atoms with Gasteiger partial charge in [0.1, 0.15) is 0 Å². The number of nitrogens with zero attached hydrogens (tertiary/aromatic N) is 6. The van der Waals surface area contributed by atoms with E-state index < -0.39 is 13.7 Å². The average Bonchev–Trinajstić information content (AvgIpc) is 4.15. The molecule has 74 heavy (non-hydrogen) atoms. The zero-order chi connectivity index (χ0) is 53.8. The molecule has 4 aromatic heterocycles. The Balaban J connectivity index is 0.000000150. The number of hydrogen-bond donors (Lipinski definition) is 0. The third-order valence-electron chi connectivity index (χ3n) is 13.7. The first-order valence-electron chi connectivity index (χ1n) is 26.9. The van der Waals surface area contributed by atoms with Crippen molar-refractivity contribution in [3.8, 4) is 0 Å². The molecule has 6 nitrogen and oxygen atoms in total. The molecule has 0 N–H and O–H groups in total. The maximum atomic E-state index is 8.36. The van der Waals surface area contributed by atoms with Gasteiger partial charge in [-0.3, -0.25) is 9.97 Å². The number of hydrogen-bond acceptors (Lipinski definition) is 8. The molecule has 0 aliphatic carbocycles. The van der Waals surface area contributed by atoms with Crippen LogP contribution in [0.2, 0.25) is 5.02 Å². The molecule has 0 unspecified atom stereocenters. The molecule has 0 amide bonds. The van der Waals surface area contributed by atoms with Crippen LogP contribution in [0.5, 0.6) is 0 Å². The Labute approximate surface area is 451 Å². The van der Waals surface area contributed by atoms with Crippen LogP contribution in [0.1, 0.15) is 18.2 Å². The highest BCUT2D eigenvalue weighted by Crippen LogP contribution is 2.50. The van der Waals surface area contributed by atoms with Gasteiger partial charge in [-0.05, 0) is 128 Å². The zero-order valence-corrected chi connectivity index (χ0v) is 42.0. The van der Waals surface area contributed by atoms with E-state index in [1.54, 1.807) is 35.1 Å². The van der Waals surface area contributed by atoms with Crippen LogP contribution in [-0.4, -0.2) is 16.7 Å². The molecule has 0 saturated heterocycles. The van der Waals surface area contributed by atoms with Gasteiger partial charge in [-0.2, -0.15) is 0 Å². The summed E-state index contributed by atoms with van der Waals surface area (Å²) in [5.74, 6) is 0. The molecule has 14 rings (SSSR count). The summed E-state index contributed by atoms with van der Waals surface area (Å²) in [7, 11) is 0. The highest BCUT2D eigenvalue weighted by Gasteiger charge is 2.45. The van der Waals surface area contributed by atoms with E-state index in [-0.39, 0.29) is 12.4 Å². The monoisotopic (exact) mass is 1010 g/mol. The Hall–Kier alpha value is -8.47. The van der Waals surface area contributed by atoms with Gasteiger partial charge in [0.05, 0.1) is 27.8 Å². The second kappa shape index (κ2) is 19.2. The van der Waals surface area contributed by atoms with E-state index in [9.17, 15) is 0 Å². The van der Waals surface area contributed by atoms with Crippen molar-refractivity contribution < 1.29 is 6.85 Å². The largest absolute Gasteiger partial charge is 0.311 e. The van der Waals surface area contributed by atoms with Gasteiger partial charge in [0.2, 0.25) is 0 Å². The summed E-state index contributed by atoms with van der Waals surface area (Å²) in [4.78, 5) is 17.7. The Morgan fingerprint density at radius 3 is 1.64 bits per heavy atom. The van der Waals surface area contributed by atoms with Gasteiger partial charge in [0.25, 0.3) is 6.71 Å². The summed E-state index contributed by atoms with van der Waals surface area (Å²) < 4.78 is 44.4. The molecule has 0 saturated carbocycles. The van der Waals surface area contributed by atoms with Crippen LogP contribution in [0.4, 0.5) is 68.2 Å². The first-order valence-corrected chi connectivity index (χ1v) is 26.3. The van der Waals surface area contributed by atoms with Crippen LogP contribution in [-0.2, 0) is 0 Å². The van der Waals surface area contributed by atoms with Crippen LogP contribution < -0.4 is 35.3 Å². The summed E-state index contributed by atoms with van der Waals surface area (Å²) >= 11 is 10.6. The van der Waals surface area contributed by atoms with Crippen molar-refractivity contribution >= 4 is 145 Å². The van der Waals surface area contributed by atoms with E-state index in [2.05, 4.69) is 138 Å². The third kappa shape index (κ3) is 7.71. The third-order valence-corrected chi connectivity index (χ3v) is 16.2. The van der Waals surface area contributed by atoms with Crippen LogP contribution in [0.25, 0.3) is 20.2 Å². The van der Waals surface area contributed by atoms with Gasteiger partial charge in [0.15, 0.2) is 0 Å². The van der Waals surface area contributed by atoms with Crippen LogP contribution in [0.15, 0.2) is 242 Å². The Kier molecular flexibility index (Phi) is 10.4. The van der Waals surface area contributed by atoms with Crippen LogP contribution in [0.3, 0.4) is 0 Å². The number of benzene rings is 8. The minimum Gasteiger partial charge on any atom is -0.311 e. The van der Waals surface area contributed by atoms with E-state index >= 15 is 0 Å². The molecule has 6 heterocycles. The first-order chi connectivity index (χ1) is 38.7. The lowest BCUT2D eigenvalue weighted by molar-refractivity contribution is 1.22. The van der Waals surface area contributed by atoms with E-state index in [1.165, 1.54) is 10.9 Å². The predicted octanol–water partition coefficient (Wildman–Crippen LogP) is 16.9. The minimum atomic E-state index is -2.34. The highest BCUT2D eigenvalue weighted by molar-refractivity contribution is 7.33. The second-order valence-electron chi connectivity index (χ2n) is 17.9. The van der Waals surface area contributed by atoms with Gasteiger partial charge >= 0.3 is 0 Å². The van der Waals surface area contributed by atoms with Crippen molar-refractivity contribution in [1.82, 2.24) is 9.97 Å². The van der Waals surface area contributed by atoms with Gasteiger partial charge < -0.3 is 19.6 Å². The quantitative estimate of drug-likeness (QED) is 0.141. The van der Waals surface area contributed by atoms with Crippen molar-refractivity contribution in [1.29, 1.82) is 0 Å². The topological polar surface area (TPSA) is 38.7 Å². The zero-order valence-electron chi connectivity index (χ0n) is 44.6. The van der Waals surface area contributed by atoms with Crippen molar-refractivity contribution in [2.45, 2.75) is 13.7 Å². The molecule has 0 radical (unpaired) electrons. The number of para-hydroxylation sites is 6. The predicted molar refractivity (Wildman–Crippen MR) is 317 cm³/mol. The first kappa shape index (κ1) is 40.1. The molecule has 0 bridgehead atoms. The number of thiophene rings is 2. The number of aromatic nitrogens is 2. The summed E-state index contributed by atoms with van der Waals surface area (Å²) in [5, 5.41) is 4.14. The lowest BCUT2D eigenvalue weighted by Gasteiger charge is -2.43. The van der Waals surface area contributed by atoms with Crippen molar-refractivity contribution in [3.05, 3.63) is 259 Å². The lowest BCUT2D eigenvalue weighted by Crippen LogP contribution is -2.60. The Morgan fingerprint density at radius 1 is 0.486 bits per heavy atom. The van der Waals surface area contributed by atoms with Gasteiger partial charge in [-0.25, -0.2) is 0 Å². The van der Waals surface area contributed by atoms with E-state index in [0.717, 1.165) is 87.8 Å². The molecule has 2 aliphatic heterocycles. The molecule has 2 aliphatic rings. The number of halogens is 1. The molecule has 354 valence electrons. The number of fused-ring (bicyclic) bond motifs is 7. The molecule has 0 atom stereocenters. The van der Waals surface area contributed by atoms with Gasteiger partial charge in [-0.15, -0.1) is 22.7 Å². The summed E-state index contributed by atoms with van der Waals surface area (Å²) in [6.07, 6.45) is 3.30. The summed E-state index contributed by atoms with van der Waals surface area (Å²) in [5.41, 5.74) is 14.7. The fourth-order valence-electron chi connectivity index (χ4n) is 10.6. The molecular weight excluding hydrogens is 963 g/mol. The van der Waals surface area contributed by atoms with Crippen LogP contribution >= 0.6 is 34.3 Å². The maximum absolute atomic E-state index is 8.36. The fourth-order valence-corrected chi connectivity index (χ4v) is 13.1. The van der Waals surface area contributed by atoms with E-state index in [1.807, 2.05) is 121 Å². The number of rotatable bonds is 8. The standard InChI is InChI=1S/C32H22BN3S.C32H24ClN3S/c1-21-29-28(19-20-34-21)37-32-31(29)36(23-13-6-3-7-14-23)27-18-10-17-26-30(27)33(32)24-15-8-9-16-25(24)35(26)22-11-4-2-5-12-22;1-23-31-29(22-37-30(31)20-21-34-23)36(26-16-9-4-10-17-26)28-19-11-18-27(32(28)33)35(24-12-5-2-6-13-24)25-14-7-3-8-15-25/h2-20H,1H3;2-22H,1H3/i1D3;1D2. The molecule has 10 heteroatoms. The number of pyridine rings is 2. The molecule has 0 spiro atoms. The molecule has 0 fully saturated rings. The van der Waals surface area contributed by atoms with Gasteiger partial charge in [0, 0.05) is 106 Å². The SMILES string of the molecule is [2H]C([2H])([2H])c1nccc2sc3c(c12)N(c1ccccc1)c1cccc2c1B3c1ccccc1N2c1ccccc1.[2H]C([2H])c1nccc2scc(N(c3ccccc3)c3cccc(N(c4ccccc4)c4ccccc4)c3Cl)c12. The average molecular weight is 1010 g/mol. The lowest BCUT2D eigenvalue weighted by atomic mass is 9.36. The normalized spacial score (nSPS) is 13.4. The molecule has 8 aromatic carbocycles. The van der Waals surface area contributed by atoms with Crippen molar-refractivity contribution in [3.63, 3.8) is 0 Å². The summed E-state index contributed by atoms with van der Waals surface area (Å²) in [6, 6.07) is 76.1. The van der Waals surface area contributed by atoms with Crippen molar-refractivity contribution in [2.24, 2.45) is 0 Å². The van der Waals surface area contributed by atoms with Crippen molar-refractivity contribution in [2.75, 3.05) is 19.6 Å². The van der Waals surface area contributed by atoms with E-state index in [0.29, 0.717) is 16.1 Å². The van der Waals surface area contributed by atoms with Gasteiger partial charge in [-0.1, -0.05) is 133 Å². The second-order valence-corrected chi connectivity index (χ2v) is 20.2. The fraction of sp³-hybridized carbons (Fsp3) is 0.0312. The number of aryl methyl sites for hydroxylation is 2. The Morgan fingerprint density at radius 2 is 1.00 bits per heavy atom. The highest BCUT2D eigenvalue weighted by atomic mass is 35.5. The number of anilines is 12. The minimum absolute atomic E-state index is 0.0424. The Bertz CT molecular complexity index is 4130. The van der Waals surface area contributed by atoms with E-state index in [4.69, 9.17) is 18.5 Å². The molecule has 12 aromatic rings. The maximum Gasteiger partial charge on any atom is 0.264 e. The smallest absolute Gasteiger partial charge is 0.264 e. The molecular formula is C64H46BClN6S2.